The van der Waals surface area contributed by atoms with Crippen molar-refractivity contribution in [2.24, 2.45) is 11.8 Å². The van der Waals surface area contributed by atoms with Crippen LogP contribution < -0.4 is 9.03 Å². The largest absolute Gasteiger partial charge is 0.506 e. The molecule has 4 atom stereocenters. The highest BCUT2D eigenvalue weighted by Gasteiger charge is 2.36. The monoisotopic (exact) mass is 567 g/mol. The van der Waals surface area contributed by atoms with Crippen LogP contribution in [-0.4, -0.2) is 57.6 Å². The molecule has 0 spiro atoms. The van der Waals surface area contributed by atoms with Crippen molar-refractivity contribution in [2.45, 2.75) is 79.1 Å². The fourth-order valence-electron chi connectivity index (χ4n) is 4.70. The third-order valence-electron chi connectivity index (χ3n) is 6.80. The minimum absolute atomic E-state index is 0.0110. The van der Waals surface area contributed by atoms with Gasteiger partial charge < -0.3 is 14.6 Å². The van der Waals surface area contributed by atoms with Gasteiger partial charge >= 0.3 is 12.1 Å². The Morgan fingerprint density at radius 1 is 1.18 bits per heavy atom. The maximum Gasteiger partial charge on any atom is 0.413 e. The van der Waals surface area contributed by atoms with Gasteiger partial charge in [-0.1, -0.05) is 40.2 Å². The average Bonchev–Trinajstić information content (AvgIpc) is 3.43. The summed E-state index contributed by atoms with van der Waals surface area (Å²) in [6.45, 7) is 9.12. The molecule has 0 aliphatic carbocycles. The third kappa shape index (κ3) is 7.28. The first kappa shape index (κ1) is 30.4. The predicted molar refractivity (Wildman–Crippen MR) is 145 cm³/mol. The van der Waals surface area contributed by atoms with E-state index >= 15 is 4.39 Å². The highest BCUT2D eigenvalue weighted by molar-refractivity contribution is 7.85. The van der Waals surface area contributed by atoms with Crippen LogP contribution in [0.1, 0.15) is 72.3 Å². The van der Waals surface area contributed by atoms with Crippen LogP contribution in [0.25, 0.3) is 5.57 Å². The smallest absolute Gasteiger partial charge is 0.413 e. The molecule has 1 fully saturated rings. The lowest BCUT2D eigenvalue weighted by Crippen LogP contribution is -2.39. The van der Waals surface area contributed by atoms with Gasteiger partial charge in [-0.3, -0.25) is 23.5 Å². The topological polar surface area (TPSA) is 125 Å². The van der Waals surface area contributed by atoms with Gasteiger partial charge in [0.2, 0.25) is 17.5 Å². The van der Waals surface area contributed by atoms with E-state index < -0.39 is 53.0 Å². The zero-order chi connectivity index (χ0) is 28.9. The van der Waals surface area contributed by atoms with E-state index in [2.05, 4.69) is 18.6 Å². The number of hydrogen-bond donors (Lipinski definition) is 2. The number of rotatable bonds is 11. The number of carbonyl (C=O) groups is 3. The van der Waals surface area contributed by atoms with Crippen LogP contribution >= 0.6 is 0 Å². The number of nitrogens with one attached hydrogen (secondary N) is 1. The molecule has 0 saturated carbocycles. The summed E-state index contributed by atoms with van der Waals surface area (Å²) in [7, 11) is 0. The summed E-state index contributed by atoms with van der Waals surface area (Å²) in [6.07, 6.45) is 3.51. The molecule has 2 aliphatic heterocycles. The highest BCUT2D eigenvalue weighted by Crippen LogP contribution is 2.39. The molecular weight excluding hydrogens is 529 g/mol. The van der Waals surface area contributed by atoms with E-state index in [1.807, 2.05) is 13.8 Å². The number of amides is 2. The van der Waals surface area contributed by atoms with E-state index in [1.54, 1.807) is 6.08 Å². The van der Waals surface area contributed by atoms with Gasteiger partial charge in [-0.2, -0.15) is 0 Å². The lowest BCUT2D eigenvalue weighted by molar-refractivity contribution is -0.171. The van der Waals surface area contributed by atoms with E-state index in [9.17, 15) is 23.7 Å². The number of carbonyl (C=O) groups excluding carboxylic acids is 3. The number of anilines is 1. The Labute approximate surface area is 231 Å². The number of phenols is 1. The standard InChI is InChI=1S/C27H38FN3O7S/c1-6-8-18(7-2)26(34)37-17(5)38-27(35)30-14-19(13-20(30)10-9-16(3)4)21-11-12-22(32)25(24(21)28)31-15-23(33)29-39(31)36/h11-13,16-18,20,32H,6-10,14-15H2,1-5H3,(H,29,33). The number of halogens is 1. The van der Waals surface area contributed by atoms with Crippen LogP contribution in [-0.2, 0) is 30.2 Å². The van der Waals surface area contributed by atoms with E-state index in [0.717, 1.165) is 17.1 Å². The molecule has 12 heteroatoms. The van der Waals surface area contributed by atoms with E-state index in [-0.39, 0.29) is 30.3 Å². The van der Waals surface area contributed by atoms with Crippen LogP contribution in [0, 0.1) is 17.7 Å². The first-order valence-electron chi connectivity index (χ1n) is 13.4. The Balaban J connectivity index is 1.81. The van der Waals surface area contributed by atoms with E-state index in [4.69, 9.17) is 9.47 Å². The molecule has 4 unspecified atom stereocenters. The number of aromatic hydroxyl groups is 1. The lowest BCUT2D eigenvalue weighted by Gasteiger charge is -2.27. The summed E-state index contributed by atoms with van der Waals surface area (Å²) in [5, 5.41) is 10.3. The minimum Gasteiger partial charge on any atom is -0.506 e. The molecule has 2 N–H and O–H groups in total. The number of nitrogens with zero attached hydrogens (tertiary/aromatic N) is 2. The minimum atomic E-state index is -2.03. The Morgan fingerprint density at radius 3 is 2.49 bits per heavy atom. The van der Waals surface area contributed by atoms with Crippen molar-refractivity contribution in [1.82, 2.24) is 9.62 Å². The van der Waals surface area contributed by atoms with E-state index in [0.29, 0.717) is 30.8 Å². The SMILES string of the molecule is CCCC(CC)C(=O)OC(C)OC(=O)N1CC(c2ccc(O)c(N3CC(=O)NS3=O)c2F)=CC1CCC(C)C. The maximum atomic E-state index is 15.7. The van der Waals surface area contributed by atoms with Gasteiger partial charge in [0.15, 0.2) is 5.82 Å². The summed E-state index contributed by atoms with van der Waals surface area (Å²) in [4.78, 5) is 38.8. The third-order valence-corrected chi connectivity index (χ3v) is 7.91. The fourth-order valence-corrected chi connectivity index (χ4v) is 5.64. The van der Waals surface area contributed by atoms with E-state index in [1.165, 1.54) is 24.0 Å². The summed E-state index contributed by atoms with van der Waals surface area (Å²) in [6, 6.07) is 2.24. The molecule has 216 valence electrons. The molecule has 0 bridgehead atoms. The molecule has 0 aromatic heterocycles. The Bertz CT molecular complexity index is 1140. The van der Waals surface area contributed by atoms with Crippen molar-refractivity contribution in [3.05, 3.63) is 29.6 Å². The Hall–Kier alpha value is -3.15. The van der Waals surface area contributed by atoms with Gasteiger partial charge in [-0.25, -0.2) is 13.4 Å². The molecule has 39 heavy (non-hydrogen) atoms. The molecule has 10 nitrogen and oxygen atoms in total. The van der Waals surface area contributed by atoms with Crippen molar-refractivity contribution in [2.75, 3.05) is 17.4 Å². The highest BCUT2D eigenvalue weighted by atomic mass is 32.2. The number of benzene rings is 1. The van der Waals surface area contributed by atoms with Crippen LogP contribution in [0.4, 0.5) is 14.9 Å². The van der Waals surface area contributed by atoms with Gasteiger partial charge in [0, 0.05) is 12.5 Å². The molecule has 2 heterocycles. The fraction of sp³-hybridized carbons (Fsp3) is 0.593. The normalized spacial score (nSPS) is 20.6. The summed E-state index contributed by atoms with van der Waals surface area (Å²) >= 11 is -2.03. The number of ether oxygens (including phenoxy) is 2. The first-order chi connectivity index (χ1) is 18.5. The summed E-state index contributed by atoms with van der Waals surface area (Å²) in [5.41, 5.74) is 0.221. The van der Waals surface area contributed by atoms with Gasteiger partial charge in [0.05, 0.1) is 18.5 Å². The molecular formula is C27H38FN3O7S. The molecule has 0 radical (unpaired) electrons. The van der Waals surface area contributed by atoms with Crippen LogP contribution in [0.3, 0.4) is 0 Å². The van der Waals surface area contributed by atoms with Crippen molar-refractivity contribution in [1.29, 1.82) is 0 Å². The molecule has 2 amide bonds. The second kappa shape index (κ2) is 13.3. The summed E-state index contributed by atoms with van der Waals surface area (Å²) in [5.74, 6) is -2.20. The zero-order valence-electron chi connectivity index (χ0n) is 23.1. The van der Waals surface area contributed by atoms with Crippen LogP contribution in [0.5, 0.6) is 5.75 Å². The average molecular weight is 568 g/mol. The first-order valence-corrected chi connectivity index (χ1v) is 14.5. The van der Waals surface area contributed by atoms with Crippen molar-refractivity contribution in [3.63, 3.8) is 0 Å². The molecule has 3 rings (SSSR count). The van der Waals surface area contributed by atoms with Crippen molar-refractivity contribution in [3.8, 4) is 5.75 Å². The molecule has 2 aliphatic rings. The summed E-state index contributed by atoms with van der Waals surface area (Å²) < 4.78 is 41.9. The number of phenolic OH excluding ortho intramolecular Hbond substituents is 1. The van der Waals surface area contributed by atoms with Gasteiger partial charge in [-0.15, -0.1) is 0 Å². The number of hydrogen-bond acceptors (Lipinski definition) is 7. The van der Waals surface area contributed by atoms with Gasteiger partial charge in [0.25, 0.3) is 5.91 Å². The maximum absolute atomic E-state index is 15.7. The Morgan fingerprint density at radius 2 is 1.90 bits per heavy atom. The second-order valence-electron chi connectivity index (χ2n) is 10.2. The quantitative estimate of drug-likeness (QED) is 0.300. The van der Waals surface area contributed by atoms with Gasteiger partial charge in [-0.05, 0) is 49.3 Å². The Kier molecular flexibility index (Phi) is 10.3. The molecule has 1 saturated heterocycles. The molecule has 1 aromatic carbocycles. The van der Waals surface area contributed by atoms with Crippen molar-refractivity contribution < 1.29 is 37.6 Å². The zero-order valence-corrected chi connectivity index (χ0v) is 23.9. The van der Waals surface area contributed by atoms with Crippen LogP contribution in [0.2, 0.25) is 0 Å². The second-order valence-corrected chi connectivity index (χ2v) is 11.4. The number of esters is 1. The van der Waals surface area contributed by atoms with Crippen LogP contribution in [0.15, 0.2) is 18.2 Å². The van der Waals surface area contributed by atoms with Gasteiger partial charge in [0.1, 0.15) is 18.0 Å². The lowest BCUT2D eigenvalue weighted by atomic mass is 10.0. The predicted octanol–water partition coefficient (Wildman–Crippen LogP) is 4.40. The molecule has 1 aromatic rings. The van der Waals surface area contributed by atoms with Crippen molar-refractivity contribution >= 4 is 40.4 Å².